The molecule has 0 heterocycles. The molecule has 0 bridgehead atoms. The Labute approximate surface area is 157 Å². The van der Waals surface area contributed by atoms with E-state index >= 15 is 0 Å². The van der Waals surface area contributed by atoms with Crippen molar-refractivity contribution in [3.8, 4) is 0 Å². The average molecular weight is 373 g/mol. The fourth-order valence-electron chi connectivity index (χ4n) is 2.59. The number of rotatable bonds is 17. The molecule has 0 aliphatic heterocycles. The molecule has 0 aromatic carbocycles. The maximum Gasteiger partial charge on any atom is 0.317 e. The van der Waals surface area contributed by atoms with Gasteiger partial charge in [0.15, 0.2) is 0 Å². The van der Waals surface area contributed by atoms with Gasteiger partial charge in [-0.25, -0.2) is 0 Å². The number of hydrogen-bond acceptors (Lipinski definition) is 5. The van der Waals surface area contributed by atoms with Gasteiger partial charge >= 0.3 is 5.97 Å². The minimum atomic E-state index is -1.24. The number of aliphatic hydroxyl groups is 2. The molecule has 1 amide bonds. The topological polar surface area (TPSA) is 110 Å². The zero-order chi connectivity index (χ0) is 19.6. The number of hydrogen-bond donors (Lipinski definition) is 4. The number of aliphatic carboxylic acids is 1. The number of nitrogens with one attached hydrogen (secondary N) is 1. The molecule has 0 fully saturated rings. The standard InChI is InChI=1S/C19H36N2O5/c1-2-3-4-5-6-7-8-9-10-11-12-17(23)20-13-14-21(15-19(25)26)18(24)16-22/h3-4,18,22,24H,2,5-16H2,1H3,(H,20,23)(H,25,26)/b4-3+. The highest BCUT2D eigenvalue weighted by atomic mass is 16.4. The van der Waals surface area contributed by atoms with Crippen LogP contribution in [0, 0.1) is 0 Å². The summed E-state index contributed by atoms with van der Waals surface area (Å²) >= 11 is 0. The Hall–Kier alpha value is -1.44. The Balaban J connectivity index is 3.64. The zero-order valence-corrected chi connectivity index (χ0v) is 16.0. The first-order valence-electron chi connectivity index (χ1n) is 9.67. The molecule has 1 unspecified atom stereocenters. The molecule has 7 heteroatoms. The summed E-state index contributed by atoms with van der Waals surface area (Å²) in [7, 11) is 0. The molecule has 7 nitrogen and oxygen atoms in total. The quantitative estimate of drug-likeness (QED) is 0.176. The minimum absolute atomic E-state index is 0.0662. The van der Waals surface area contributed by atoms with Crippen molar-refractivity contribution in [3.05, 3.63) is 12.2 Å². The summed E-state index contributed by atoms with van der Waals surface area (Å²) in [6.45, 7) is 1.62. The monoisotopic (exact) mass is 372 g/mol. The summed E-state index contributed by atoms with van der Waals surface area (Å²) in [6.07, 6.45) is 12.6. The highest BCUT2D eigenvalue weighted by molar-refractivity contribution is 5.75. The van der Waals surface area contributed by atoms with Crippen LogP contribution in [-0.4, -0.2) is 64.6 Å². The third-order valence-electron chi connectivity index (χ3n) is 4.07. The Bertz CT molecular complexity index is 401. The average Bonchev–Trinajstić information content (AvgIpc) is 2.61. The molecule has 152 valence electrons. The summed E-state index contributed by atoms with van der Waals surface area (Å²) in [6, 6.07) is 0. The van der Waals surface area contributed by atoms with Crippen LogP contribution in [0.25, 0.3) is 0 Å². The molecule has 0 saturated carbocycles. The lowest BCUT2D eigenvalue weighted by molar-refractivity contribution is -0.142. The van der Waals surface area contributed by atoms with Crippen LogP contribution in [-0.2, 0) is 9.59 Å². The molecule has 0 saturated heterocycles. The lowest BCUT2D eigenvalue weighted by atomic mass is 10.1. The van der Waals surface area contributed by atoms with Crippen LogP contribution >= 0.6 is 0 Å². The smallest absolute Gasteiger partial charge is 0.317 e. The number of carbonyl (C=O) groups is 2. The first-order valence-corrected chi connectivity index (χ1v) is 9.67. The van der Waals surface area contributed by atoms with Gasteiger partial charge in [-0.3, -0.25) is 14.5 Å². The predicted octanol–water partition coefficient (Wildman–Crippen LogP) is 1.89. The van der Waals surface area contributed by atoms with E-state index in [1.54, 1.807) is 0 Å². The predicted molar refractivity (Wildman–Crippen MR) is 102 cm³/mol. The van der Waals surface area contributed by atoms with Gasteiger partial charge in [-0.05, 0) is 25.7 Å². The number of unbranched alkanes of at least 4 members (excludes halogenated alkanes) is 6. The van der Waals surface area contributed by atoms with Gasteiger partial charge in [0, 0.05) is 19.5 Å². The first kappa shape index (κ1) is 24.6. The maximum atomic E-state index is 11.8. The molecular weight excluding hydrogens is 336 g/mol. The molecule has 1 atom stereocenters. The Morgan fingerprint density at radius 1 is 1.08 bits per heavy atom. The fourth-order valence-corrected chi connectivity index (χ4v) is 2.59. The lowest BCUT2D eigenvalue weighted by Gasteiger charge is -2.24. The molecule has 0 radical (unpaired) electrons. The second-order valence-corrected chi connectivity index (χ2v) is 6.42. The van der Waals surface area contributed by atoms with Crippen molar-refractivity contribution in [1.29, 1.82) is 0 Å². The Morgan fingerprint density at radius 2 is 1.73 bits per heavy atom. The number of carboxylic acids is 1. The van der Waals surface area contributed by atoms with Crippen molar-refractivity contribution < 1.29 is 24.9 Å². The number of carboxylic acid groups (broad SMARTS) is 1. The summed E-state index contributed by atoms with van der Waals surface area (Å²) in [5.41, 5.74) is 0. The van der Waals surface area contributed by atoms with E-state index in [0.717, 1.165) is 32.1 Å². The van der Waals surface area contributed by atoms with Crippen LogP contribution in [0.3, 0.4) is 0 Å². The molecule has 0 rings (SSSR count). The second-order valence-electron chi connectivity index (χ2n) is 6.42. The summed E-state index contributed by atoms with van der Waals surface area (Å²) in [5.74, 6) is -1.16. The van der Waals surface area contributed by atoms with Crippen molar-refractivity contribution in [1.82, 2.24) is 10.2 Å². The van der Waals surface area contributed by atoms with Crippen molar-refractivity contribution >= 4 is 11.9 Å². The van der Waals surface area contributed by atoms with E-state index in [1.807, 2.05) is 0 Å². The van der Waals surface area contributed by atoms with Crippen LogP contribution in [0.2, 0.25) is 0 Å². The van der Waals surface area contributed by atoms with E-state index in [0.29, 0.717) is 6.42 Å². The number of nitrogens with zero attached hydrogens (tertiary/aromatic N) is 1. The van der Waals surface area contributed by atoms with Gasteiger partial charge in [-0.15, -0.1) is 0 Å². The summed E-state index contributed by atoms with van der Waals surface area (Å²) in [4.78, 5) is 23.7. The van der Waals surface area contributed by atoms with Crippen molar-refractivity contribution in [3.63, 3.8) is 0 Å². The number of aliphatic hydroxyl groups excluding tert-OH is 2. The molecule has 0 aromatic heterocycles. The largest absolute Gasteiger partial charge is 0.480 e. The zero-order valence-electron chi connectivity index (χ0n) is 16.0. The Morgan fingerprint density at radius 3 is 2.35 bits per heavy atom. The van der Waals surface area contributed by atoms with E-state index in [1.165, 1.54) is 24.2 Å². The number of amides is 1. The number of carbonyl (C=O) groups excluding carboxylic acids is 1. The van der Waals surface area contributed by atoms with E-state index in [9.17, 15) is 14.7 Å². The summed E-state index contributed by atoms with van der Waals surface area (Å²) < 4.78 is 0. The fraction of sp³-hybridized carbons (Fsp3) is 0.789. The number of allylic oxidation sites excluding steroid dienone is 2. The SMILES string of the molecule is CC/C=C/CCCCCCCCC(=O)NCCN(CC(=O)O)C(O)CO. The molecule has 0 aliphatic rings. The van der Waals surface area contributed by atoms with Gasteiger partial charge in [0.2, 0.25) is 5.91 Å². The second kappa shape index (κ2) is 17.0. The van der Waals surface area contributed by atoms with Crippen molar-refractivity contribution in [2.24, 2.45) is 0 Å². The van der Waals surface area contributed by atoms with Crippen LogP contribution < -0.4 is 5.32 Å². The van der Waals surface area contributed by atoms with Gasteiger partial charge in [0.25, 0.3) is 0 Å². The van der Waals surface area contributed by atoms with E-state index in [-0.39, 0.29) is 25.5 Å². The van der Waals surface area contributed by atoms with Crippen LogP contribution in [0.15, 0.2) is 12.2 Å². The van der Waals surface area contributed by atoms with Gasteiger partial charge in [0.05, 0.1) is 13.2 Å². The van der Waals surface area contributed by atoms with Crippen molar-refractivity contribution in [2.45, 2.75) is 70.9 Å². The normalized spacial score (nSPS) is 12.6. The molecule has 0 aliphatic carbocycles. The molecule has 26 heavy (non-hydrogen) atoms. The lowest BCUT2D eigenvalue weighted by Crippen LogP contribution is -2.45. The third kappa shape index (κ3) is 14.9. The maximum absolute atomic E-state index is 11.8. The van der Waals surface area contributed by atoms with Crippen LogP contribution in [0.1, 0.15) is 64.7 Å². The summed E-state index contributed by atoms with van der Waals surface area (Å²) in [5, 5.41) is 29.9. The van der Waals surface area contributed by atoms with Gasteiger partial charge in [-0.1, -0.05) is 44.8 Å². The van der Waals surface area contributed by atoms with Gasteiger partial charge in [-0.2, -0.15) is 0 Å². The Kier molecular flexibility index (Phi) is 16.1. The van der Waals surface area contributed by atoms with E-state index in [4.69, 9.17) is 10.2 Å². The van der Waals surface area contributed by atoms with E-state index in [2.05, 4.69) is 24.4 Å². The van der Waals surface area contributed by atoms with Gasteiger partial charge in [0.1, 0.15) is 6.23 Å². The first-order chi connectivity index (χ1) is 12.5. The minimum Gasteiger partial charge on any atom is -0.480 e. The highest BCUT2D eigenvalue weighted by Gasteiger charge is 2.17. The molecule has 0 aromatic rings. The highest BCUT2D eigenvalue weighted by Crippen LogP contribution is 2.09. The third-order valence-corrected chi connectivity index (χ3v) is 4.07. The van der Waals surface area contributed by atoms with Gasteiger partial charge < -0.3 is 20.6 Å². The molecule has 0 spiro atoms. The van der Waals surface area contributed by atoms with E-state index < -0.39 is 18.8 Å². The molecule has 4 N–H and O–H groups in total. The molecular formula is C19H36N2O5. The van der Waals surface area contributed by atoms with Crippen LogP contribution in [0.5, 0.6) is 0 Å². The van der Waals surface area contributed by atoms with Crippen LogP contribution in [0.4, 0.5) is 0 Å². The van der Waals surface area contributed by atoms with Crippen molar-refractivity contribution in [2.75, 3.05) is 26.2 Å².